The van der Waals surface area contributed by atoms with Gasteiger partial charge in [-0.1, -0.05) is 39.0 Å². The lowest BCUT2D eigenvalue weighted by Gasteiger charge is -2.13. The Balaban J connectivity index is 1.83. The van der Waals surface area contributed by atoms with Gasteiger partial charge in [-0.05, 0) is 22.4 Å². The molecule has 0 aliphatic carbocycles. The van der Waals surface area contributed by atoms with Gasteiger partial charge in [0, 0.05) is 11.9 Å². The van der Waals surface area contributed by atoms with Gasteiger partial charge < -0.3 is 0 Å². The second-order valence-electron chi connectivity index (χ2n) is 4.83. The normalized spacial score (nSPS) is 14.3. The van der Waals surface area contributed by atoms with Crippen LogP contribution in [-0.2, 0) is 0 Å². The number of carbonyl (C=O) groups excluding carboxylic acids is 2. The topological polar surface area (TPSA) is 37.4 Å². The van der Waals surface area contributed by atoms with Crippen LogP contribution < -0.4 is 0 Å². The molecular weight excluding hydrogens is 326 g/mol. The number of fused-ring (bicyclic) bond motifs is 1. The van der Waals surface area contributed by atoms with Gasteiger partial charge in [0.05, 0.1) is 14.9 Å². The van der Waals surface area contributed by atoms with E-state index >= 15 is 0 Å². The zero-order valence-electron chi connectivity index (χ0n) is 11.1. The van der Waals surface area contributed by atoms with E-state index in [1.807, 2.05) is 0 Å². The van der Waals surface area contributed by atoms with Crippen LogP contribution in [0.4, 0.5) is 0 Å². The van der Waals surface area contributed by atoms with Crippen LogP contribution in [0.25, 0.3) is 0 Å². The molecule has 1 aliphatic heterocycles. The smallest absolute Gasteiger partial charge is 0.263 e. The summed E-state index contributed by atoms with van der Waals surface area (Å²) in [6.07, 6.45) is 6.94. The minimum Gasteiger partial charge on any atom is -0.274 e. The molecule has 0 spiro atoms. The molecule has 1 aliphatic rings. The summed E-state index contributed by atoms with van der Waals surface area (Å²) in [4.78, 5) is 25.6. The first kappa shape index (κ1) is 14.7. The molecule has 0 saturated carbocycles. The van der Waals surface area contributed by atoms with E-state index in [9.17, 15) is 9.59 Å². The van der Waals surface area contributed by atoms with Crippen molar-refractivity contribution >= 4 is 39.1 Å². The SMILES string of the molecule is CCCCCCCCN1C(=O)c2csc(Br)c2C1=O. The van der Waals surface area contributed by atoms with E-state index in [2.05, 4.69) is 22.9 Å². The number of thiophene rings is 1. The molecule has 0 radical (unpaired) electrons. The highest BCUT2D eigenvalue weighted by Gasteiger charge is 2.37. The fourth-order valence-corrected chi connectivity index (χ4v) is 3.74. The molecule has 0 bridgehead atoms. The summed E-state index contributed by atoms with van der Waals surface area (Å²) < 4.78 is 0.770. The Morgan fingerprint density at radius 1 is 1.11 bits per heavy atom. The summed E-state index contributed by atoms with van der Waals surface area (Å²) >= 11 is 4.74. The van der Waals surface area contributed by atoms with E-state index in [1.165, 1.54) is 41.9 Å². The molecule has 3 nitrogen and oxygen atoms in total. The fraction of sp³-hybridized carbons (Fsp3) is 0.571. The Morgan fingerprint density at radius 2 is 1.79 bits per heavy atom. The predicted octanol–water partition coefficient (Wildman–Crippen LogP) is 4.47. The summed E-state index contributed by atoms with van der Waals surface area (Å²) in [7, 11) is 0. The first-order chi connectivity index (χ1) is 9.16. The Morgan fingerprint density at radius 3 is 2.47 bits per heavy atom. The van der Waals surface area contributed by atoms with Gasteiger partial charge in [0.25, 0.3) is 11.8 Å². The maximum Gasteiger partial charge on any atom is 0.263 e. The van der Waals surface area contributed by atoms with Gasteiger partial charge >= 0.3 is 0 Å². The molecule has 2 amide bonds. The second-order valence-corrected chi connectivity index (χ2v) is 7.03. The minimum absolute atomic E-state index is 0.129. The molecule has 0 saturated heterocycles. The van der Waals surface area contributed by atoms with Crippen LogP contribution in [-0.4, -0.2) is 23.3 Å². The number of hydrogen-bond acceptors (Lipinski definition) is 3. The van der Waals surface area contributed by atoms with E-state index in [-0.39, 0.29) is 11.8 Å². The quantitative estimate of drug-likeness (QED) is 0.541. The number of nitrogens with zero attached hydrogens (tertiary/aromatic N) is 1. The highest BCUT2D eigenvalue weighted by Crippen LogP contribution is 2.34. The van der Waals surface area contributed by atoms with Crippen LogP contribution >= 0.6 is 27.3 Å². The molecule has 19 heavy (non-hydrogen) atoms. The van der Waals surface area contributed by atoms with Gasteiger partial charge in [-0.15, -0.1) is 11.3 Å². The van der Waals surface area contributed by atoms with E-state index in [1.54, 1.807) is 5.38 Å². The molecule has 0 atom stereocenters. The maximum atomic E-state index is 12.1. The van der Waals surface area contributed by atoms with Crippen molar-refractivity contribution in [2.24, 2.45) is 0 Å². The average molecular weight is 344 g/mol. The van der Waals surface area contributed by atoms with Gasteiger partial charge in [0.1, 0.15) is 0 Å². The number of rotatable bonds is 7. The van der Waals surface area contributed by atoms with E-state index in [4.69, 9.17) is 0 Å². The first-order valence-electron chi connectivity index (χ1n) is 6.80. The van der Waals surface area contributed by atoms with Gasteiger partial charge in [-0.25, -0.2) is 0 Å². The van der Waals surface area contributed by atoms with Crippen molar-refractivity contribution in [3.05, 3.63) is 20.3 Å². The summed E-state index contributed by atoms with van der Waals surface area (Å²) in [6.45, 7) is 2.74. The number of carbonyl (C=O) groups is 2. The highest BCUT2D eigenvalue weighted by atomic mass is 79.9. The zero-order valence-corrected chi connectivity index (χ0v) is 13.5. The van der Waals surface area contributed by atoms with Gasteiger partial charge in [-0.2, -0.15) is 0 Å². The number of imide groups is 1. The third-order valence-corrected chi connectivity index (χ3v) is 5.14. The van der Waals surface area contributed by atoms with Gasteiger partial charge in [0.15, 0.2) is 0 Å². The molecular formula is C14H18BrNO2S. The molecule has 2 heterocycles. The molecule has 5 heteroatoms. The van der Waals surface area contributed by atoms with Crippen molar-refractivity contribution in [1.29, 1.82) is 0 Å². The van der Waals surface area contributed by atoms with Crippen LogP contribution in [0.5, 0.6) is 0 Å². The largest absolute Gasteiger partial charge is 0.274 e. The molecule has 0 aromatic carbocycles. The first-order valence-corrected chi connectivity index (χ1v) is 8.47. The highest BCUT2D eigenvalue weighted by molar-refractivity contribution is 9.11. The Kier molecular flexibility index (Phi) is 5.16. The molecule has 0 N–H and O–H groups in total. The molecule has 1 aromatic rings. The number of halogens is 1. The fourth-order valence-electron chi connectivity index (χ4n) is 2.32. The van der Waals surface area contributed by atoms with Crippen LogP contribution in [0, 0.1) is 0 Å². The van der Waals surface area contributed by atoms with Gasteiger partial charge in [-0.3, -0.25) is 14.5 Å². The zero-order chi connectivity index (χ0) is 13.8. The van der Waals surface area contributed by atoms with Crippen LogP contribution in [0.2, 0.25) is 0 Å². The van der Waals surface area contributed by atoms with Gasteiger partial charge in [0.2, 0.25) is 0 Å². The van der Waals surface area contributed by atoms with E-state index < -0.39 is 0 Å². The lowest BCUT2D eigenvalue weighted by Crippen LogP contribution is -2.30. The molecule has 0 unspecified atom stereocenters. The molecule has 1 aromatic heterocycles. The third-order valence-electron chi connectivity index (χ3n) is 3.42. The van der Waals surface area contributed by atoms with Crippen LogP contribution in [0.15, 0.2) is 9.17 Å². The van der Waals surface area contributed by atoms with Crippen molar-refractivity contribution in [3.63, 3.8) is 0 Å². The van der Waals surface area contributed by atoms with Crippen LogP contribution in [0.3, 0.4) is 0 Å². The lowest BCUT2D eigenvalue weighted by molar-refractivity contribution is 0.0651. The average Bonchev–Trinajstić information content (AvgIpc) is 2.88. The molecule has 2 rings (SSSR count). The van der Waals surface area contributed by atoms with Crippen LogP contribution in [0.1, 0.15) is 66.2 Å². The van der Waals surface area contributed by atoms with Crippen molar-refractivity contribution < 1.29 is 9.59 Å². The monoisotopic (exact) mass is 343 g/mol. The summed E-state index contributed by atoms with van der Waals surface area (Å²) in [5.41, 5.74) is 1.12. The Bertz CT molecular complexity index is 484. The predicted molar refractivity (Wildman–Crippen MR) is 80.8 cm³/mol. The summed E-state index contributed by atoms with van der Waals surface area (Å²) in [5.74, 6) is -0.266. The number of amides is 2. The maximum absolute atomic E-state index is 12.1. The molecule has 104 valence electrons. The second kappa shape index (κ2) is 6.66. The minimum atomic E-state index is -0.137. The number of unbranched alkanes of at least 4 members (excludes halogenated alkanes) is 5. The standard InChI is InChI=1S/C14H18BrNO2S/c1-2-3-4-5-6-7-8-16-13(17)10-9-19-12(15)11(10)14(16)18/h9H,2-8H2,1H3. The summed E-state index contributed by atoms with van der Waals surface area (Å²) in [5, 5.41) is 1.76. The lowest BCUT2D eigenvalue weighted by atomic mass is 10.1. The van der Waals surface area contributed by atoms with Crippen molar-refractivity contribution in [2.75, 3.05) is 6.54 Å². The van der Waals surface area contributed by atoms with Crippen molar-refractivity contribution in [2.45, 2.75) is 45.4 Å². The summed E-state index contributed by atoms with van der Waals surface area (Å²) in [6, 6.07) is 0. The van der Waals surface area contributed by atoms with Crippen molar-refractivity contribution in [3.8, 4) is 0 Å². The molecule has 0 fully saturated rings. The van der Waals surface area contributed by atoms with E-state index in [0.29, 0.717) is 17.7 Å². The van der Waals surface area contributed by atoms with E-state index in [0.717, 1.165) is 16.6 Å². The van der Waals surface area contributed by atoms with Crippen molar-refractivity contribution in [1.82, 2.24) is 4.90 Å². The Labute approximate surface area is 126 Å². The Hall–Kier alpha value is -0.680. The number of hydrogen-bond donors (Lipinski definition) is 0. The third kappa shape index (κ3) is 3.08.